The van der Waals surface area contributed by atoms with Gasteiger partial charge in [-0.05, 0) is 110 Å². The van der Waals surface area contributed by atoms with Crippen molar-refractivity contribution in [3.05, 3.63) is 158 Å². The maximum Gasteiger partial charge on any atom is 0.161 e. The van der Waals surface area contributed by atoms with Gasteiger partial charge in [-0.1, -0.05) is 79.7 Å². The summed E-state index contributed by atoms with van der Waals surface area (Å²) in [6.45, 7) is 13.6. The summed E-state index contributed by atoms with van der Waals surface area (Å²) in [4.78, 5) is 36.8. The number of aromatic amines is 3. The number of aryl methyl sites for hydroxylation is 2. The van der Waals surface area contributed by atoms with E-state index in [4.69, 9.17) is 0 Å². The van der Waals surface area contributed by atoms with Gasteiger partial charge in [0.15, 0.2) is 11.6 Å². The zero-order chi connectivity index (χ0) is 33.9. The Bertz CT molecular complexity index is 2250. The summed E-state index contributed by atoms with van der Waals surface area (Å²) in [5.41, 5.74) is 14.3. The average molecular weight is 634 g/mol. The summed E-state index contributed by atoms with van der Waals surface area (Å²) in [6.07, 6.45) is 5.58. The fraction of sp³-hybridized carbons (Fsp3) is 0.256. The molecule has 5 heteroatoms. The second kappa shape index (κ2) is 12.1. The number of carbonyl (C=O) groups is 2. The van der Waals surface area contributed by atoms with E-state index in [0.717, 1.165) is 68.4 Å². The van der Waals surface area contributed by atoms with Crippen LogP contribution < -0.4 is 0 Å². The predicted octanol–water partition coefficient (Wildman–Crippen LogP) is 10.0. The Morgan fingerprint density at radius 3 is 1.81 bits per heavy atom. The van der Waals surface area contributed by atoms with Crippen molar-refractivity contribution in [3.63, 3.8) is 0 Å². The largest absolute Gasteiger partial charge is 0.361 e. The van der Waals surface area contributed by atoms with E-state index in [-0.39, 0.29) is 23.4 Å². The number of ketones is 2. The molecule has 7 rings (SSSR count). The van der Waals surface area contributed by atoms with Gasteiger partial charge in [0, 0.05) is 45.3 Å². The molecule has 1 aliphatic carbocycles. The zero-order valence-electron chi connectivity index (χ0n) is 28.8. The van der Waals surface area contributed by atoms with Gasteiger partial charge in [-0.3, -0.25) is 9.59 Å². The van der Waals surface area contributed by atoms with E-state index in [9.17, 15) is 9.59 Å². The van der Waals surface area contributed by atoms with Gasteiger partial charge >= 0.3 is 0 Å². The average Bonchev–Trinajstić information content (AvgIpc) is 3.73. The van der Waals surface area contributed by atoms with Gasteiger partial charge in [-0.15, -0.1) is 0 Å². The summed E-state index contributed by atoms with van der Waals surface area (Å²) < 4.78 is 0. The predicted molar refractivity (Wildman–Crippen MR) is 196 cm³/mol. The van der Waals surface area contributed by atoms with Crippen molar-refractivity contribution in [1.29, 1.82) is 0 Å². The number of allylic oxidation sites excluding steroid dienone is 1. The molecule has 1 aliphatic rings. The van der Waals surface area contributed by atoms with Crippen LogP contribution in [0.5, 0.6) is 0 Å². The molecule has 3 aromatic heterocycles. The quantitative estimate of drug-likeness (QED) is 0.146. The molecular formula is C43H43N3O2. The van der Waals surface area contributed by atoms with Crippen LogP contribution in [-0.2, 0) is 6.42 Å². The number of hydrogen-bond donors (Lipinski definition) is 3. The first-order valence-electron chi connectivity index (χ1n) is 16.9. The van der Waals surface area contributed by atoms with E-state index in [1.54, 1.807) is 13.8 Å². The number of rotatable bonds is 8. The van der Waals surface area contributed by atoms with Crippen LogP contribution in [0.2, 0.25) is 0 Å². The van der Waals surface area contributed by atoms with Crippen molar-refractivity contribution < 1.29 is 9.59 Å². The molecule has 242 valence electrons. The minimum Gasteiger partial charge on any atom is -0.361 e. The minimum absolute atomic E-state index is 0.0616. The fourth-order valence-electron chi connectivity index (χ4n) is 8.35. The summed E-state index contributed by atoms with van der Waals surface area (Å²) in [5.74, 6) is 0.271. The van der Waals surface area contributed by atoms with E-state index in [2.05, 4.69) is 121 Å². The van der Waals surface area contributed by atoms with Crippen LogP contribution in [0, 0.1) is 33.6 Å². The molecule has 0 bridgehead atoms. The van der Waals surface area contributed by atoms with Crippen molar-refractivity contribution in [2.45, 2.75) is 66.7 Å². The number of nitrogens with one attached hydrogen (secondary N) is 3. The second-order valence-corrected chi connectivity index (χ2v) is 13.7. The Morgan fingerprint density at radius 1 is 0.667 bits per heavy atom. The third-order valence-corrected chi connectivity index (χ3v) is 10.4. The van der Waals surface area contributed by atoms with Gasteiger partial charge in [0.25, 0.3) is 0 Å². The van der Waals surface area contributed by atoms with Gasteiger partial charge < -0.3 is 15.0 Å². The van der Waals surface area contributed by atoms with Crippen molar-refractivity contribution in [2.24, 2.45) is 5.92 Å². The first kappa shape index (κ1) is 31.4. The third kappa shape index (κ3) is 5.18. The molecule has 3 unspecified atom stereocenters. The Hall–Kier alpha value is -5.16. The number of carbonyl (C=O) groups excluding carboxylic acids is 2. The molecular weight excluding hydrogens is 590 g/mol. The number of fused-ring (bicyclic) bond motifs is 2. The first-order valence-corrected chi connectivity index (χ1v) is 16.9. The monoisotopic (exact) mass is 633 g/mol. The van der Waals surface area contributed by atoms with Crippen LogP contribution in [0.3, 0.4) is 0 Å². The van der Waals surface area contributed by atoms with Gasteiger partial charge in [0.2, 0.25) is 0 Å². The van der Waals surface area contributed by atoms with Crippen molar-refractivity contribution in [3.8, 4) is 0 Å². The molecule has 0 aliphatic heterocycles. The molecule has 3 atom stereocenters. The molecule has 0 saturated heterocycles. The van der Waals surface area contributed by atoms with Crippen molar-refractivity contribution in [1.82, 2.24) is 15.0 Å². The number of Topliss-reactive ketones (excluding diaryl/α,β-unsaturated/α-hetero) is 2. The molecule has 0 radical (unpaired) electrons. The van der Waals surface area contributed by atoms with Gasteiger partial charge in [0.05, 0.1) is 11.8 Å². The minimum atomic E-state index is -0.179. The number of hydrogen-bond acceptors (Lipinski definition) is 2. The maximum absolute atomic E-state index is 12.8. The molecule has 0 saturated carbocycles. The highest BCUT2D eigenvalue weighted by Crippen LogP contribution is 2.43. The Kier molecular flexibility index (Phi) is 7.95. The van der Waals surface area contributed by atoms with Crippen LogP contribution in [0.25, 0.3) is 16.8 Å². The highest BCUT2D eigenvalue weighted by atomic mass is 16.1. The fourth-order valence-corrected chi connectivity index (χ4v) is 8.35. The third-order valence-electron chi connectivity index (χ3n) is 10.4. The summed E-state index contributed by atoms with van der Waals surface area (Å²) in [5, 5.41) is 2.34. The lowest BCUT2D eigenvalue weighted by molar-refractivity contribution is 0.100. The summed E-state index contributed by atoms with van der Waals surface area (Å²) in [7, 11) is 0. The zero-order valence-corrected chi connectivity index (χ0v) is 28.8. The maximum atomic E-state index is 12.8. The lowest BCUT2D eigenvalue weighted by Crippen LogP contribution is -2.13. The molecule has 3 heterocycles. The molecule has 5 nitrogen and oxygen atoms in total. The van der Waals surface area contributed by atoms with Crippen molar-refractivity contribution >= 4 is 28.4 Å². The van der Waals surface area contributed by atoms with Crippen LogP contribution in [0.4, 0.5) is 0 Å². The van der Waals surface area contributed by atoms with E-state index in [1.807, 2.05) is 13.8 Å². The van der Waals surface area contributed by atoms with Crippen LogP contribution >= 0.6 is 0 Å². The SMILES string of the molecule is CC(=O)c1c(C)[nH]c(C(c2ccc(C(c3[nH]c(C)c(C(C)=O)c3C)c3cccc4ccccc34)[nH]2)c2cccc3c2C=CC(C)C3)c1C. The topological polar surface area (TPSA) is 81.5 Å². The number of aromatic nitrogens is 3. The Labute approximate surface area is 282 Å². The van der Waals surface area contributed by atoms with Crippen LogP contribution in [0.1, 0.15) is 121 Å². The molecule has 3 N–H and O–H groups in total. The molecule has 6 aromatic rings. The molecule has 0 amide bonds. The number of H-pyrrole nitrogens is 3. The van der Waals surface area contributed by atoms with Gasteiger partial charge in [-0.25, -0.2) is 0 Å². The summed E-state index contributed by atoms with van der Waals surface area (Å²) in [6, 6.07) is 26.0. The van der Waals surface area contributed by atoms with E-state index in [1.165, 1.54) is 27.5 Å². The smallest absolute Gasteiger partial charge is 0.161 e. The summed E-state index contributed by atoms with van der Waals surface area (Å²) >= 11 is 0. The molecule has 0 spiro atoms. The first-order chi connectivity index (χ1) is 23.0. The Morgan fingerprint density at radius 2 is 1.21 bits per heavy atom. The van der Waals surface area contributed by atoms with Crippen LogP contribution in [0.15, 0.2) is 78.9 Å². The standard InChI is InChI=1S/C43H43N3O2/c1-23-18-19-33-31(22-23)14-11-17-35(33)41(43-25(3)39(29(7)48)27(5)45-43)37-21-20-36(46-37)40(42-24(2)38(28(6)47)26(4)44-42)34-16-10-13-30-12-8-9-15-32(30)34/h8-21,23,40-41,44-46H,22H2,1-7H3. The van der Waals surface area contributed by atoms with Crippen molar-refractivity contribution in [2.75, 3.05) is 0 Å². The van der Waals surface area contributed by atoms with Gasteiger partial charge in [0.1, 0.15) is 0 Å². The molecule has 48 heavy (non-hydrogen) atoms. The van der Waals surface area contributed by atoms with E-state index < -0.39 is 0 Å². The normalized spacial score (nSPS) is 15.4. The van der Waals surface area contributed by atoms with Crippen LogP contribution in [-0.4, -0.2) is 26.5 Å². The van der Waals surface area contributed by atoms with E-state index >= 15 is 0 Å². The van der Waals surface area contributed by atoms with Gasteiger partial charge in [-0.2, -0.15) is 0 Å². The highest BCUT2D eigenvalue weighted by molar-refractivity contribution is 5.98. The van der Waals surface area contributed by atoms with E-state index in [0.29, 0.717) is 5.92 Å². The molecule has 0 fully saturated rings. The second-order valence-electron chi connectivity index (χ2n) is 13.7. The lowest BCUT2D eigenvalue weighted by atomic mass is 9.81. The number of benzene rings is 3. The highest BCUT2D eigenvalue weighted by Gasteiger charge is 2.31. The Balaban J connectivity index is 1.47. The molecule has 3 aromatic carbocycles. The lowest BCUT2D eigenvalue weighted by Gasteiger charge is -2.25.